The molecule has 1 aromatic carbocycles. The van der Waals surface area contributed by atoms with E-state index in [1.165, 1.54) is 10.5 Å². The molecule has 1 aliphatic heterocycles. The van der Waals surface area contributed by atoms with Crippen LogP contribution in [0.4, 0.5) is 0 Å². The Kier molecular flexibility index (Phi) is 7.35. The van der Waals surface area contributed by atoms with E-state index in [1.807, 2.05) is 41.4 Å². The first-order valence-corrected chi connectivity index (χ1v) is 10.3. The second-order valence-corrected chi connectivity index (χ2v) is 8.03. The average molecular weight is 390 g/mol. The summed E-state index contributed by atoms with van der Waals surface area (Å²) >= 11 is 7.67. The number of nitrogens with zero attached hydrogens (tertiary/aromatic N) is 3. The molecule has 1 fully saturated rings. The van der Waals surface area contributed by atoms with Gasteiger partial charge in [0, 0.05) is 61.5 Å². The highest BCUT2D eigenvalue weighted by Crippen LogP contribution is 2.21. The third-order valence-corrected chi connectivity index (χ3v) is 5.82. The number of rotatable bonds is 7. The van der Waals surface area contributed by atoms with Crippen molar-refractivity contribution in [2.24, 2.45) is 0 Å². The molecule has 138 valence electrons. The molecule has 1 saturated heterocycles. The fourth-order valence-electron chi connectivity index (χ4n) is 3.01. The molecule has 6 heteroatoms. The van der Waals surface area contributed by atoms with E-state index in [0.717, 1.165) is 49.9 Å². The van der Waals surface area contributed by atoms with Crippen LogP contribution in [0.25, 0.3) is 0 Å². The molecule has 26 heavy (non-hydrogen) atoms. The second-order valence-electron chi connectivity index (χ2n) is 6.42. The zero-order valence-corrected chi connectivity index (χ0v) is 16.4. The Hall–Kier alpha value is -1.56. The van der Waals surface area contributed by atoms with Crippen molar-refractivity contribution in [1.82, 2.24) is 14.8 Å². The van der Waals surface area contributed by atoms with Gasteiger partial charge in [-0.15, -0.1) is 11.8 Å². The number of amides is 1. The number of piperazine rings is 1. The SMILES string of the molecule is O=C(CCCSc1ccc(Cl)cc1)N1CCN(Cc2cccnc2)CC1. The number of hydrogen-bond acceptors (Lipinski definition) is 4. The molecular weight excluding hydrogens is 366 g/mol. The van der Waals surface area contributed by atoms with Crippen molar-refractivity contribution >= 4 is 29.3 Å². The van der Waals surface area contributed by atoms with Crippen LogP contribution < -0.4 is 0 Å². The van der Waals surface area contributed by atoms with Gasteiger partial charge in [-0.2, -0.15) is 0 Å². The largest absolute Gasteiger partial charge is 0.340 e. The van der Waals surface area contributed by atoms with Crippen molar-refractivity contribution in [1.29, 1.82) is 0 Å². The number of pyridine rings is 1. The second kappa shape index (κ2) is 9.95. The third kappa shape index (κ3) is 6.01. The van der Waals surface area contributed by atoms with E-state index in [-0.39, 0.29) is 5.91 Å². The molecule has 0 aliphatic carbocycles. The third-order valence-electron chi connectivity index (χ3n) is 4.47. The predicted octanol–water partition coefficient (Wildman–Crippen LogP) is 3.95. The van der Waals surface area contributed by atoms with Gasteiger partial charge in [0.1, 0.15) is 0 Å². The monoisotopic (exact) mass is 389 g/mol. The molecule has 2 heterocycles. The van der Waals surface area contributed by atoms with Gasteiger partial charge in [0.25, 0.3) is 0 Å². The van der Waals surface area contributed by atoms with Crippen molar-refractivity contribution in [3.63, 3.8) is 0 Å². The Morgan fingerprint density at radius 1 is 1.12 bits per heavy atom. The van der Waals surface area contributed by atoms with Gasteiger partial charge in [0.2, 0.25) is 5.91 Å². The molecular formula is C20H24ClN3OS. The van der Waals surface area contributed by atoms with E-state index in [4.69, 9.17) is 11.6 Å². The lowest BCUT2D eigenvalue weighted by molar-refractivity contribution is -0.133. The summed E-state index contributed by atoms with van der Waals surface area (Å²) in [6.45, 7) is 4.42. The number of hydrogen-bond donors (Lipinski definition) is 0. The lowest BCUT2D eigenvalue weighted by atomic mass is 10.2. The number of halogens is 1. The summed E-state index contributed by atoms with van der Waals surface area (Å²) in [5.74, 6) is 1.23. The lowest BCUT2D eigenvalue weighted by Crippen LogP contribution is -2.48. The van der Waals surface area contributed by atoms with E-state index in [1.54, 1.807) is 18.0 Å². The Labute approximate surface area is 164 Å². The molecule has 1 aliphatic rings. The van der Waals surface area contributed by atoms with Crippen LogP contribution >= 0.6 is 23.4 Å². The summed E-state index contributed by atoms with van der Waals surface area (Å²) in [5.41, 5.74) is 1.23. The predicted molar refractivity (Wildman–Crippen MR) is 108 cm³/mol. The summed E-state index contributed by atoms with van der Waals surface area (Å²) in [7, 11) is 0. The zero-order chi connectivity index (χ0) is 18.2. The minimum absolute atomic E-state index is 0.280. The summed E-state index contributed by atoms with van der Waals surface area (Å²) in [4.78, 5) is 22.1. The van der Waals surface area contributed by atoms with Crippen molar-refractivity contribution < 1.29 is 4.79 Å². The van der Waals surface area contributed by atoms with Gasteiger partial charge in [0.15, 0.2) is 0 Å². The highest BCUT2D eigenvalue weighted by atomic mass is 35.5. The Morgan fingerprint density at radius 2 is 1.88 bits per heavy atom. The Balaban J connectivity index is 1.32. The average Bonchev–Trinajstić information content (AvgIpc) is 2.68. The molecule has 0 bridgehead atoms. The van der Waals surface area contributed by atoms with Gasteiger partial charge in [-0.05, 0) is 48.1 Å². The molecule has 0 N–H and O–H groups in total. The standard InChI is InChI=1S/C20H24ClN3OS/c21-18-5-7-19(8-6-18)26-14-2-4-20(25)24-12-10-23(11-13-24)16-17-3-1-9-22-15-17/h1,3,5-9,15H,2,4,10-14,16H2. The van der Waals surface area contributed by atoms with Crippen molar-refractivity contribution in [3.8, 4) is 0 Å². The number of carbonyl (C=O) groups excluding carboxylic acids is 1. The van der Waals surface area contributed by atoms with Crippen LogP contribution in [0.2, 0.25) is 5.02 Å². The topological polar surface area (TPSA) is 36.4 Å². The van der Waals surface area contributed by atoms with Crippen LogP contribution in [0.1, 0.15) is 18.4 Å². The molecule has 2 aromatic rings. The molecule has 0 unspecified atom stereocenters. The summed E-state index contributed by atoms with van der Waals surface area (Å²) in [6.07, 6.45) is 5.24. The number of thioether (sulfide) groups is 1. The molecule has 1 aromatic heterocycles. The van der Waals surface area contributed by atoms with Crippen molar-refractivity contribution in [3.05, 3.63) is 59.4 Å². The Morgan fingerprint density at radius 3 is 2.58 bits per heavy atom. The number of benzene rings is 1. The van der Waals surface area contributed by atoms with Crippen LogP contribution in [0.3, 0.4) is 0 Å². The van der Waals surface area contributed by atoms with Gasteiger partial charge in [-0.1, -0.05) is 17.7 Å². The molecule has 3 rings (SSSR count). The first-order valence-electron chi connectivity index (χ1n) is 8.98. The first-order chi connectivity index (χ1) is 12.7. The van der Waals surface area contributed by atoms with E-state index < -0.39 is 0 Å². The number of carbonyl (C=O) groups is 1. The molecule has 0 spiro atoms. The lowest BCUT2D eigenvalue weighted by Gasteiger charge is -2.34. The maximum absolute atomic E-state index is 12.4. The van der Waals surface area contributed by atoms with E-state index >= 15 is 0 Å². The van der Waals surface area contributed by atoms with Crippen LogP contribution in [-0.2, 0) is 11.3 Å². The fourth-order valence-corrected chi connectivity index (χ4v) is 3.99. The summed E-state index contributed by atoms with van der Waals surface area (Å²) in [6, 6.07) is 11.9. The van der Waals surface area contributed by atoms with E-state index in [9.17, 15) is 4.79 Å². The zero-order valence-electron chi connectivity index (χ0n) is 14.8. The first kappa shape index (κ1) is 19.2. The van der Waals surface area contributed by atoms with E-state index in [2.05, 4.69) is 16.0 Å². The van der Waals surface area contributed by atoms with Crippen molar-refractivity contribution in [2.75, 3.05) is 31.9 Å². The van der Waals surface area contributed by atoms with Gasteiger partial charge < -0.3 is 4.90 Å². The minimum Gasteiger partial charge on any atom is -0.340 e. The van der Waals surface area contributed by atoms with Gasteiger partial charge >= 0.3 is 0 Å². The summed E-state index contributed by atoms with van der Waals surface area (Å²) < 4.78 is 0. The highest BCUT2D eigenvalue weighted by molar-refractivity contribution is 7.99. The van der Waals surface area contributed by atoms with Gasteiger partial charge in [0.05, 0.1) is 0 Å². The fraction of sp³-hybridized carbons (Fsp3) is 0.400. The van der Waals surface area contributed by atoms with Crippen LogP contribution in [0.5, 0.6) is 0 Å². The van der Waals surface area contributed by atoms with Crippen LogP contribution in [0.15, 0.2) is 53.7 Å². The highest BCUT2D eigenvalue weighted by Gasteiger charge is 2.20. The maximum Gasteiger partial charge on any atom is 0.222 e. The normalized spacial score (nSPS) is 15.2. The van der Waals surface area contributed by atoms with Gasteiger partial charge in [-0.25, -0.2) is 0 Å². The van der Waals surface area contributed by atoms with Crippen LogP contribution in [-0.4, -0.2) is 52.6 Å². The molecule has 1 amide bonds. The quantitative estimate of drug-likeness (QED) is 0.530. The summed E-state index contributed by atoms with van der Waals surface area (Å²) in [5, 5.41) is 0.757. The maximum atomic E-state index is 12.4. The minimum atomic E-state index is 0.280. The molecule has 4 nitrogen and oxygen atoms in total. The molecule has 0 atom stereocenters. The van der Waals surface area contributed by atoms with Gasteiger partial charge in [-0.3, -0.25) is 14.7 Å². The smallest absolute Gasteiger partial charge is 0.222 e. The van der Waals surface area contributed by atoms with Crippen molar-refractivity contribution in [2.45, 2.75) is 24.3 Å². The molecule has 0 radical (unpaired) electrons. The number of aromatic nitrogens is 1. The van der Waals surface area contributed by atoms with E-state index in [0.29, 0.717) is 6.42 Å². The van der Waals surface area contributed by atoms with Crippen LogP contribution in [0, 0.1) is 0 Å². The molecule has 0 saturated carbocycles. The Bertz CT molecular complexity index is 688.